The Balaban J connectivity index is 1.87. The largest absolute Gasteiger partial charge is 0.444 e. The van der Waals surface area contributed by atoms with Gasteiger partial charge < -0.3 is 9.73 Å². The van der Waals surface area contributed by atoms with Crippen LogP contribution >= 0.6 is 0 Å². The molecule has 0 unspecified atom stereocenters. The van der Waals surface area contributed by atoms with Crippen molar-refractivity contribution in [1.29, 1.82) is 0 Å². The quantitative estimate of drug-likeness (QED) is 0.823. The molecular formula is C10H15N5O. The Morgan fingerprint density at radius 2 is 2.19 bits per heavy atom. The molecule has 0 spiro atoms. The Morgan fingerprint density at radius 1 is 1.38 bits per heavy atom. The smallest absolute Gasteiger partial charge is 0.208 e. The molecule has 0 aromatic carbocycles. The summed E-state index contributed by atoms with van der Waals surface area (Å²) < 4.78 is 7.19. The lowest BCUT2D eigenvalue weighted by molar-refractivity contribution is 0.446. The average molecular weight is 221 g/mol. The van der Waals surface area contributed by atoms with Crippen molar-refractivity contribution in [2.75, 3.05) is 0 Å². The second-order valence-corrected chi connectivity index (χ2v) is 3.70. The molecule has 0 atom stereocenters. The summed E-state index contributed by atoms with van der Waals surface area (Å²) >= 11 is 0. The maximum absolute atomic E-state index is 5.45. The highest BCUT2D eigenvalue weighted by molar-refractivity contribution is 5.05. The summed E-state index contributed by atoms with van der Waals surface area (Å²) in [4.78, 5) is 4.28. The predicted octanol–water partition coefficient (Wildman–Crippen LogP) is 0.710. The molecule has 6 nitrogen and oxygen atoms in total. The monoisotopic (exact) mass is 221 g/mol. The van der Waals surface area contributed by atoms with Crippen molar-refractivity contribution in [1.82, 2.24) is 25.3 Å². The topological polar surface area (TPSA) is 68.8 Å². The molecule has 2 heterocycles. The van der Waals surface area contributed by atoms with Crippen LogP contribution in [0.15, 0.2) is 10.6 Å². The molecule has 0 saturated carbocycles. The molecule has 6 heteroatoms. The van der Waals surface area contributed by atoms with Gasteiger partial charge in [0.15, 0.2) is 0 Å². The first kappa shape index (κ1) is 10.8. The van der Waals surface area contributed by atoms with Crippen LogP contribution in [0.4, 0.5) is 0 Å². The van der Waals surface area contributed by atoms with Gasteiger partial charge in [0.25, 0.3) is 0 Å². The van der Waals surface area contributed by atoms with Gasteiger partial charge in [0.2, 0.25) is 5.89 Å². The fourth-order valence-corrected chi connectivity index (χ4v) is 1.38. The van der Waals surface area contributed by atoms with Gasteiger partial charge in [0.05, 0.1) is 24.1 Å². The molecule has 0 fully saturated rings. The van der Waals surface area contributed by atoms with Crippen molar-refractivity contribution in [2.45, 2.75) is 26.9 Å². The van der Waals surface area contributed by atoms with Crippen molar-refractivity contribution >= 4 is 0 Å². The SMILES string of the molecule is Cc1nc(CNCc2cnnn2C)oc1C. The molecule has 0 aliphatic rings. The molecule has 16 heavy (non-hydrogen) atoms. The third-order valence-electron chi connectivity index (χ3n) is 2.46. The fraction of sp³-hybridized carbons (Fsp3) is 0.500. The minimum absolute atomic E-state index is 0.611. The van der Waals surface area contributed by atoms with E-state index in [0.29, 0.717) is 19.0 Å². The van der Waals surface area contributed by atoms with Crippen LogP contribution in [0.25, 0.3) is 0 Å². The van der Waals surface area contributed by atoms with Gasteiger partial charge in [-0.3, -0.25) is 4.68 Å². The van der Waals surface area contributed by atoms with E-state index < -0.39 is 0 Å². The number of rotatable bonds is 4. The zero-order valence-corrected chi connectivity index (χ0v) is 9.69. The molecule has 0 saturated heterocycles. The summed E-state index contributed by atoms with van der Waals surface area (Å²) in [6.07, 6.45) is 1.74. The van der Waals surface area contributed by atoms with Crippen LogP contribution in [-0.2, 0) is 20.1 Å². The third-order valence-corrected chi connectivity index (χ3v) is 2.46. The first-order chi connectivity index (χ1) is 7.66. The molecular weight excluding hydrogens is 206 g/mol. The summed E-state index contributed by atoms with van der Waals surface area (Å²) in [7, 11) is 1.86. The van der Waals surface area contributed by atoms with Crippen molar-refractivity contribution in [3.8, 4) is 0 Å². The average Bonchev–Trinajstić information content (AvgIpc) is 2.76. The van der Waals surface area contributed by atoms with Gasteiger partial charge in [-0.15, -0.1) is 5.10 Å². The number of nitrogens with zero attached hydrogens (tertiary/aromatic N) is 4. The van der Waals surface area contributed by atoms with Crippen LogP contribution in [0.3, 0.4) is 0 Å². The maximum atomic E-state index is 5.45. The van der Waals surface area contributed by atoms with Crippen LogP contribution in [0.5, 0.6) is 0 Å². The lowest BCUT2D eigenvalue weighted by Crippen LogP contribution is -2.15. The van der Waals surface area contributed by atoms with Crippen molar-refractivity contribution in [3.05, 3.63) is 29.2 Å². The highest BCUT2D eigenvalue weighted by atomic mass is 16.4. The molecule has 0 aliphatic heterocycles. The first-order valence-corrected chi connectivity index (χ1v) is 5.14. The van der Waals surface area contributed by atoms with Gasteiger partial charge >= 0.3 is 0 Å². The Labute approximate surface area is 93.7 Å². The highest BCUT2D eigenvalue weighted by Gasteiger charge is 2.05. The summed E-state index contributed by atoms with van der Waals surface area (Å²) in [5.41, 5.74) is 1.97. The van der Waals surface area contributed by atoms with Crippen molar-refractivity contribution in [2.24, 2.45) is 7.05 Å². The number of hydrogen-bond acceptors (Lipinski definition) is 5. The van der Waals surface area contributed by atoms with E-state index in [1.807, 2.05) is 20.9 Å². The summed E-state index contributed by atoms with van der Waals surface area (Å²) in [6, 6.07) is 0. The molecule has 2 aromatic heterocycles. The molecule has 0 radical (unpaired) electrons. The van der Waals surface area contributed by atoms with Crippen LogP contribution in [0.2, 0.25) is 0 Å². The van der Waals surface area contributed by atoms with E-state index in [2.05, 4.69) is 20.6 Å². The van der Waals surface area contributed by atoms with Gasteiger partial charge in [-0.1, -0.05) is 5.21 Å². The van der Waals surface area contributed by atoms with E-state index in [4.69, 9.17) is 4.42 Å². The standard InChI is InChI=1S/C10H15N5O/c1-7-8(2)16-10(13-7)6-11-4-9-5-12-14-15(9)3/h5,11H,4,6H2,1-3H3. The Kier molecular flexibility index (Phi) is 3.00. The second kappa shape index (κ2) is 4.44. The maximum Gasteiger partial charge on any atom is 0.208 e. The van der Waals surface area contributed by atoms with Crippen LogP contribution in [0, 0.1) is 13.8 Å². The van der Waals surface area contributed by atoms with Gasteiger partial charge in [-0.05, 0) is 13.8 Å². The molecule has 0 amide bonds. The van der Waals surface area contributed by atoms with E-state index in [9.17, 15) is 0 Å². The molecule has 2 aromatic rings. The van der Waals surface area contributed by atoms with E-state index in [1.165, 1.54) is 0 Å². The van der Waals surface area contributed by atoms with Crippen molar-refractivity contribution < 1.29 is 4.42 Å². The van der Waals surface area contributed by atoms with E-state index in [1.54, 1.807) is 10.9 Å². The van der Waals surface area contributed by atoms with Gasteiger partial charge in [-0.25, -0.2) is 4.98 Å². The van der Waals surface area contributed by atoms with Gasteiger partial charge in [0.1, 0.15) is 5.76 Å². The molecule has 0 aliphatic carbocycles. The lowest BCUT2D eigenvalue weighted by atomic mass is 10.4. The number of nitrogens with one attached hydrogen (secondary N) is 1. The molecule has 1 N–H and O–H groups in total. The Hall–Kier alpha value is -1.69. The second-order valence-electron chi connectivity index (χ2n) is 3.70. The number of aryl methyl sites for hydroxylation is 3. The van der Waals surface area contributed by atoms with E-state index >= 15 is 0 Å². The molecule has 2 rings (SSSR count). The fourth-order valence-electron chi connectivity index (χ4n) is 1.38. The minimum atomic E-state index is 0.611. The lowest BCUT2D eigenvalue weighted by Gasteiger charge is -2.01. The highest BCUT2D eigenvalue weighted by Crippen LogP contribution is 2.07. The Morgan fingerprint density at radius 3 is 2.75 bits per heavy atom. The van der Waals surface area contributed by atoms with Crippen LogP contribution in [0.1, 0.15) is 23.0 Å². The van der Waals surface area contributed by atoms with E-state index in [-0.39, 0.29) is 0 Å². The zero-order chi connectivity index (χ0) is 11.5. The predicted molar refractivity (Wildman–Crippen MR) is 57.5 cm³/mol. The number of aromatic nitrogens is 4. The van der Waals surface area contributed by atoms with Crippen LogP contribution < -0.4 is 5.32 Å². The molecule has 86 valence electrons. The van der Waals surface area contributed by atoms with Gasteiger partial charge in [-0.2, -0.15) is 0 Å². The minimum Gasteiger partial charge on any atom is -0.444 e. The number of hydrogen-bond donors (Lipinski definition) is 1. The third kappa shape index (κ3) is 2.27. The van der Waals surface area contributed by atoms with Crippen LogP contribution in [-0.4, -0.2) is 20.0 Å². The molecule has 0 bridgehead atoms. The summed E-state index contributed by atoms with van der Waals surface area (Å²) in [6.45, 7) is 5.16. The summed E-state index contributed by atoms with van der Waals surface area (Å²) in [5, 5.41) is 10.9. The zero-order valence-electron chi connectivity index (χ0n) is 9.69. The van der Waals surface area contributed by atoms with E-state index in [0.717, 1.165) is 17.1 Å². The normalized spacial score (nSPS) is 10.9. The summed E-state index contributed by atoms with van der Waals surface area (Å²) in [5.74, 6) is 1.59. The Bertz CT molecular complexity index is 454. The first-order valence-electron chi connectivity index (χ1n) is 5.14. The van der Waals surface area contributed by atoms with Gasteiger partial charge in [0, 0.05) is 13.6 Å². The number of oxazole rings is 1. The van der Waals surface area contributed by atoms with Crippen molar-refractivity contribution in [3.63, 3.8) is 0 Å².